The van der Waals surface area contributed by atoms with Crippen LogP contribution in [-0.2, 0) is 14.3 Å². The van der Waals surface area contributed by atoms with Crippen molar-refractivity contribution in [2.24, 2.45) is 0 Å². The summed E-state index contributed by atoms with van der Waals surface area (Å²) in [5.41, 5.74) is 0.513. The largest absolute Gasteiger partial charge is 0.494 e. The Morgan fingerprint density at radius 2 is 1.88 bits per heavy atom. The summed E-state index contributed by atoms with van der Waals surface area (Å²) in [6.45, 7) is 2.46. The van der Waals surface area contributed by atoms with Gasteiger partial charge in [-0.05, 0) is 31.2 Å². The van der Waals surface area contributed by atoms with Gasteiger partial charge in [-0.1, -0.05) is 0 Å². The van der Waals surface area contributed by atoms with Crippen LogP contribution >= 0.6 is 0 Å². The lowest BCUT2D eigenvalue weighted by atomic mass is 10.3. The van der Waals surface area contributed by atoms with E-state index in [1.54, 1.807) is 24.3 Å². The molecule has 0 bridgehead atoms. The van der Waals surface area contributed by atoms with Crippen molar-refractivity contribution in [2.45, 2.75) is 6.92 Å². The Morgan fingerprint density at radius 1 is 1.25 bits per heavy atom. The van der Waals surface area contributed by atoms with E-state index in [4.69, 9.17) is 4.74 Å². The quantitative estimate of drug-likeness (QED) is 0.617. The van der Waals surface area contributed by atoms with Gasteiger partial charge in [-0.2, -0.15) is 0 Å². The molecule has 86 valence electrons. The second kappa shape index (κ2) is 5.75. The molecule has 0 fully saturated rings. The number of amides is 1. The van der Waals surface area contributed by atoms with Gasteiger partial charge < -0.3 is 14.8 Å². The van der Waals surface area contributed by atoms with Gasteiger partial charge in [0.05, 0.1) is 13.7 Å². The highest BCUT2D eigenvalue weighted by Gasteiger charge is 2.13. The first kappa shape index (κ1) is 12.0. The molecular formula is C11H13NO4. The maximum Gasteiger partial charge on any atom is 0.396 e. The van der Waals surface area contributed by atoms with Crippen molar-refractivity contribution in [3.05, 3.63) is 24.3 Å². The number of hydrogen-bond donors (Lipinski definition) is 1. The molecule has 0 atom stereocenters. The van der Waals surface area contributed by atoms with Gasteiger partial charge >= 0.3 is 11.9 Å². The first-order chi connectivity index (χ1) is 7.67. The summed E-state index contributed by atoms with van der Waals surface area (Å²) >= 11 is 0. The number of ether oxygens (including phenoxy) is 2. The molecule has 16 heavy (non-hydrogen) atoms. The van der Waals surface area contributed by atoms with Crippen LogP contribution in [0.5, 0.6) is 5.75 Å². The summed E-state index contributed by atoms with van der Waals surface area (Å²) in [5, 5.41) is 2.39. The monoisotopic (exact) mass is 223 g/mol. The van der Waals surface area contributed by atoms with E-state index in [0.29, 0.717) is 18.0 Å². The fourth-order valence-electron chi connectivity index (χ4n) is 1.08. The molecule has 0 unspecified atom stereocenters. The van der Waals surface area contributed by atoms with Crippen molar-refractivity contribution < 1.29 is 19.1 Å². The van der Waals surface area contributed by atoms with Crippen molar-refractivity contribution in [2.75, 3.05) is 19.0 Å². The van der Waals surface area contributed by atoms with E-state index in [0.717, 1.165) is 7.11 Å². The molecule has 0 aliphatic carbocycles. The fourth-order valence-corrected chi connectivity index (χ4v) is 1.08. The summed E-state index contributed by atoms with van der Waals surface area (Å²) < 4.78 is 9.50. The zero-order valence-electron chi connectivity index (χ0n) is 9.15. The lowest BCUT2D eigenvalue weighted by molar-refractivity contribution is -0.150. The molecule has 1 amide bonds. The predicted octanol–water partition coefficient (Wildman–Crippen LogP) is 1.20. The maximum absolute atomic E-state index is 11.1. The SMILES string of the molecule is CCOc1ccc(NC(=O)C(=O)OC)cc1. The van der Waals surface area contributed by atoms with Gasteiger partial charge in [-0.15, -0.1) is 0 Å². The summed E-state index contributed by atoms with van der Waals surface area (Å²) in [6, 6.07) is 6.70. The average Bonchev–Trinajstić information content (AvgIpc) is 2.31. The van der Waals surface area contributed by atoms with E-state index in [2.05, 4.69) is 10.1 Å². The van der Waals surface area contributed by atoms with E-state index in [9.17, 15) is 9.59 Å². The van der Waals surface area contributed by atoms with Gasteiger partial charge in [0, 0.05) is 5.69 Å². The van der Waals surface area contributed by atoms with Gasteiger partial charge in [0.2, 0.25) is 0 Å². The molecule has 0 aromatic heterocycles. The molecule has 1 aromatic carbocycles. The number of rotatable bonds is 3. The summed E-state index contributed by atoms with van der Waals surface area (Å²) in [6.07, 6.45) is 0. The van der Waals surface area contributed by atoms with Crippen LogP contribution in [0, 0.1) is 0 Å². The number of methoxy groups -OCH3 is 1. The Morgan fingerprint density at radius 3 is 2.38 bits per heavy atom. The molecule has 1 rings (SSSR count). The highest BCUT2D eigenvalue weighted by Crippen LogP contribution is 2.15. The van der Waals surface area contributed by atoms with Crippen molar-refractivity contribution in [3.63, 3.8) is 0 Å². The molecule has 1 N–H and O–H groups in total. The topological polar surface area (TPSA) is 64.6 Å². The molecule has 0 spiro atoms. The third-order valence-corrected chi connectivity index (χ3v) is 1.79. The molecule has 5 nitrogen and oxygen atoms in total. The number of nitrogens with one attached hydrogen (secondary N) is 1. The van der Waals surface area contributed by atoms with E-state index in [-0.39, 0.29) is 0 Å². The number of benzene rings is 1. The van der Waals surface area contributed by atoms with Crippen molar-refractivity contribution >= 4 is 17.6 Å². The van der Waals surface area contributed by atoms with Gasteiger partial charge in [-0.25, -0.2) is 4.79 Å². The maximum atomic E-state index is 11.1. The molecule has 0 aliphatic heterocycles. The molecule has 0 aliphatic rings. The van der Waals surface area contributed by atoms with Crippen LogP contribution in [0.25, 0.3) is 0 Å². The van der Waals surface area contributed by atoms with E-state index >= 15 is 0 Å². The zero-order chi connectivity index (χ0) is 12.0. The Bertz CT molecular complexity index is 372. The van der Waals surface area contributed by atoms with Crippen LogP contribution in [0.15, 0.2) is 24.3 Å². The summed E-state index contributed by atoms with van der Waals surface area (Å²) in [4.78, 5) is 22.0. The Balaban J connectivity index is 2.61. The van der Waals surface area contributed by atoms with Gasteiger partial charge in [0.15, 0.2) is 0 Å². The van der Waals surface area contributed by atoms with E-state index < -0.39 is 11.9 Å². The molecule has 5 heteroatoms. The van der Waals surface area contributed by atoms with Crippen LogP contribution in [0.2, 0.25) is 0 Å². The third-order valence-electron chi connectivity index (χ3n) is 1.79. The van der Waals surface area contributed by atoms with E-state index in [1.807, 2.05) is 6.92 Å². The van der Waals surface area contributed by atoms with Gasteiger partial charge in [-0.3, -0.25) is 4.79 Å². The molecule has 1 aromatic rings. The van der Waals surface area contributed by atoms with Crippen LogP contribution in [0.4, 0.5) is 5.69 Å². The first-order valence-corrected chi connectivity index (χ1v) is 4.79. The Kier molecular flexibility index (Phi) is 4.32. The number of esters is 1. The van der Waals surface area contributed by atoms with Crippen LogP contribution in [-0.4, -0.2) is 25.6 Å². The lowest BCUT2D eigenvalue weighted by Gasteiger charge is -2.05. The predicted molar refractivity (Wildman–Crippen MR) is 58.3 cm³/mol. The second-order valence-corrected chi connectivity index (χ2v) is 2.90. The van der Waals surface area contributed by atoms with Crippen molar-refractivity contribution in [1.29, 1.82) is 0 Å². The van der Waals surface area contributed by atoms with Crippen LogP contribution < -0.4 is 10.1 Å². The smallest absolute Gasteiger partial charge is 0.396 e. The van der Waals surface area contributed by atoms with Crippen molar-refractivity contribution in [1.82, 2.24) is 0 Å². The highest BCUT2D eigenvalue weighted by molar-refractivity contribution is 6.37. The van der Waals surface area contributed by atoms with E-state index in [1.165, 1.54) is 0 Å². The average molecular weight is 223 g/mol. The minimum absolute atomic E-state index is 0.513. The molecular weight excluding hydrogens is 210 g/mol. The zero-order valence-corrected chi connectivity index (χ0v) is 9.15. The molecule has 0 saturated carbocycles. The van der Waals surface area contributed by atoms with Crippen LogP contribution in [0.3, 0.4) is 0 Å². The Labute approximate surface area is 93.4 Å². The number of anilines is 1. The van der Waals surface area contributed by atoms with Crippen molar-refractivity contribution in [3.8, 4) is 5.75 Å². The molecule has 0 heterocycles. The summed E-state index contributed by atoms with van der Waals surface area (Å²) in [7, 11) is 1.15. The Hall–Kier alpha value is -2.04. The molecule has 0 radical (unpaired) electrons. The first-order valence-electron chi connectivity index (χ1n) is 4.79. The van der Waals surface area contributed by atoms with Gasteiger partial charge in [0.1, 0.15) is 5.75 Å². The number of hydrogen-bond acceptors (Lipinski definition) is 4. The number of carbonyl (C=O) groups is 2. The second-order valence-electron chi connectivity index (χ2n) is 2.90. The van der Waals surface area contributed by atoms with Gasteiger partial charge in [0.25, 0.3) is 0 Å². The summed E-state index contributed by atoms with van der Waals surface area (Å²) in [5.74, 6) is -1.01. The van der Waals surface area contributed by atoms with Crippen LogP contribution in [0.1, 0.15) is 6.92 Å². The number of carbonyl (C=O) groups excluding carboxylic acids is 2. The highest BCUT2D eigenvalue weighted by atomic mass is 16.5. The minimum Gasteiger partial charge on any atom is -0.494 e. The third kappa shape index (κ3) is 3.27. The lowest BCUT2D eigenvalue weighted by Crippen LogP contribution is -2.23. The fraction of sp³-hybridized carbons (Fsp3) is 0.273. The standard InChI is InChI=1S/C11H13NO4/c1-3-16-9-6-4-8(5-7-9)12-10(13)11(14)15-2/h4-7H,3H2,1-2H3,(H,12,13). The normalized spacial score (nSPS) is 9.38. The molecule has 0 saturated heterocycles. The minimum atomic E-state index is -0.922.